The number of carbonyl (C=O) groups excluding carboxylic acids is 1. The maximum Gasteiger partial charge on any atom is 0.263 e. The highest BCUT2D eigenvalue weighted by molar-refractivity contribution is 7.22. The summed E-state index contributed by atoms with van der Waals surface area (Å²) in [5.74, 6) is -1.04. The van der Waals surface area contributed by atoms with E-state index in [4.69, 9.17) is 0 Å². The summed E-state index contributed by atoms with van der Waals surface area (Å²) < 4.78 is 0.954. The Kier molecular flexibility index (Phi) is 4.91. The third-order valence-electron chi connectivity index (χ3n) is 4.03. The number of para-hydroxylation sites is 1. The number of fused-ring (bicyclic) bond motifs is 1. The average Bonchev–Trinajstić information content (AvgIpc) is 3.18. The molecule has 9 heteroatoms. The summed E-state index contributed by atoms with van der Waals surface area (Å²) in [5, 5.41) is 34.0. The fraction of sp³-hybridized carbons (Fsp3) is 0.375. The molecule has 0 aliphatic carbocycles. The van der Waals surface area contributed by atoms with Crippen molar-refractivity contribution in [1.29, 1.82) is 0 Å². The highest BCUT2D eigenvalue weighted by Gasteiger charge is 2.36. The van der Waals surface area contributed by atoms with Crippen molar-refractivity contribution in [2.24, 2.45) is 16.0 Å². The van der Waals surface area contributed by atoms with Crippen molar-refractivity contribution in [3.05, 3.63) is 24.3 Å². The smallest absolute Gasteiger partial charge is 0.263 e. The summed E-state index contributed by atoms with van der Waals surface area (Å²) in [6.45, 7) is 0.0972. The van der Waals surface area contributed by atoms with Gasteiger partial charge in [0.25, 0.3) is 5.91 Å². The zero-order valence-electron chi connectivity index (χ0n) is 13.5. The lowest BCUT2D eigenvalue weighted by Gasteiger charge is -2.22. The van der Waals surface area contributed by atoms with E-state index >= 15 is 0 Å². The van der Waals surface area contributed by atoms with Gasteiger partial charge in [0, 0.05) is 6.21 Å². The molecule has 0 unspecified atom stereocenters. The maximum absolute atomic E-state index is 12.7. The second-order valence-electron chi connectivity index (χ2n) is 5.81. The molecule has 1 aromatic heterocycles. The number of anilines is 1. The molecule has 0 radical (unpaired) electrons. The second-order valence-corrected chi connectivity index (χ2v) is 6.82. The lowest BCUT2D eigenvalue weighted by atomic mass is 10.0. The van der Waals surface area contributed by atoms with Crippen LogP contribution >= 0.6 is 11.3 Å². The van der Waals surface area contributed by atoms with Gasteiger partial charge >= 0.3 is 0 Å². The molecule has 0 spiro atoms. The Labute approximate surface area is 147 Å². The summed E-state index contributed by atoms with van der Waals surface area (Å²) in [7, 11) is 0. The van der Waals surface area contributed by atoms with Crippen LogP contribution in [0.5, 0.6) is 0 Å². The number of rotatable bonds is 6. The molecule has 0 fully saturated rings. The van der Waals surface area contributed by atoms with Crippen LogP contribution in [-0.2, 0) is 4.79 Å². The number of aliphatic hydroxyl groups excluding tert-OH is 3. The standard InChI is InChI=1S/C16H18N4O4S/c1-10-11(6-17-16(7-21,8-22)9-23)14(24)20(19-10)15-18-12-4-2-3-5-13(12)25-15/h2-6,11,21-23H,7-9H2,1H3/t11-/m1/s1. The van der Waals surface area contributed by atoms with Crippen molar-refractivity contribution in [1.82, 2.24) is 4.98 Å². The number of hydrogen-bond donors (Lipinski definition) is 3. The van der Waals surface area contributed by atoms with Gasteiger partial charge in [-0.15, -0.1) is 0 Å². The Morgan fingerprint density at radius 1 is 1.28 bits per heavy atom. The van der Waals surface area contributed by atoms with E-state index in [1.165, 1.54) is 22.6 Å². The second kappa shape index (κ2) is 6.96. The van der Waals surface area contributed by atoms with Crippen LogP contribution in [0.15, 0.2) is 34.4 Å². The van der Waals surface area contributed by atoms with Crippen LogP contribution in [0.3, 0.4) is 0 Å². The van der Waals surface area contributed by atoms with E-state index in [2.05, 4.69) is 15.1 Å². The molecule has 2 aromatic rings. The molecule has 1 aromatic carbocycles. The van der Waals surface area contributed by atoms with Gasteiger partial charge in [-0.1, -0.05) is 23.5 Å². The van der Waals surface area contributed by atoms with Crippen LogP contribution in [0.1, 0.15) is 6.92 Å². The Bertz CT molecular complexity index is 802. The highest BCUT2D eigenvalue weighted by atomic mass is 32.1. The molecule has 1 atom stereocenters. The first-order valence-corrected chi connectivity index (χ1v) is 8.48. The van der Waals surface area contributed by atoms with Crippen molar-refractivity contribution < 1.29 is 20.1 Å². The van der Waals surface area contributed by atoms with Crippen molar-refractivity contribution >= 4 is 44.5 Å². The molecule has 1 amide bonds. The van der Waals surface area contributed by atoms with Crippen molar-refractivity contribution in [2.75, 3.05) is 24.8 Å². The van der Waals surface area contributed by atoms with Gasteiger partial charge in [-0.3, -0.25) is 9.79 Å². The first kappa shape index (κ1) is 17.6. The van der Waals surface area contributed by atoms with Crippen LogP contribution in [-0.4, -0.2) is 63.5 Å². The molecular formula is C16H18N4O4S. The zero-order chi connectivity index (χ0) is 18.0. The Morgan fingerprint density at radius 3 is 2.60 bits per heavy atom. The third-order valence-corrected chi connectivity index (χ3v) is 5.04. The minimum atomic E-state index is -1.41. The molecule has 132 valence electrons. The fourth-order valence-electron chi connectivity index (χ4n) is 2.34. The third kappa shape index (κ3) is 3.19. The monoisotopic (exact) mass is 362 g/mol. The number of hydrazone groups is 1. The van der Waals surface area contributed by atoms with E-state index in [-0.39, 0.29) is 5.91 Å². The molecule has 0 bridgehead atoms. The minimum absolute atomic E-state index is 0.317. The van der Waals surface area contributed by atoms with Gasteiger partial charge in [-0.2, -0.15) is 10.1 Å². The SMILES string of the molecule is CC1=NN(c2nc3ccccc3s2)C(=O)[C@@H]1C=NC(CO)(CO)CO. The van der Waals surface area contributed by atoms with E-state index < -0.39 is 31.3 Å². The van der Waals surface area contributed by atoms with Gasteiger partial charge in [0.05, 0.1) is 35.7 Å². The van der Waals surface area contributed by atoms with Crippen LogP contribution in [0.2, 0.25) is 0 Å². The molecule has 25 heavy (non-hydrogen) atoms. The fourth-order valence-corrected chi connectivity index (χ4v) is 3.27. The predicted octanol–water partition coefficient (Wildman–Crippen LogP) is 0.421. The van der Waals surface area contributed by atoms with Crippen LogP contribution in [0.4, 0.5) is 5.13 Å². The summed E-state index contributed by atoms with van der Waals surface area (Å²) in [6.07, 6.45) is 1.32. The number of amides is 1. The predicted molar refractivity (Wildman–Crippen MR) is 96.2 cm³/mol. The minimum Gasteiger partial charge on any atom is -0.394 e. The summed E-state index contributed by atoms with van der Waals surface area (Å²) in [4.78, 5) is 21.1. The van der Waals surface area contributed by atoms with Gasteiger partial charge in [0.15, 0.2) is 0 Å². The number of carbonyl (C=O) groups is 1. The first-order valence-electron chi connectivity index (χ1n) is 7.66. The van der Waals surface area contributed by atoms with E-state index in [1.54, 1.807) is 6.92 Å². The Morgan fingerprint density at radius 2 is 1.96 bits per heavy atom. The number of aliphatic hydroxyl groups is 3. The molecule has 0 saturated carbocycles. The Balaban J connectivity index is 1.86. The quantitative estimate of drug-likeness (QED) is 0.644. The molecule has 2 heterocycles. The van der Waals surface area contributed by atoms with E-state index in [0.29, 0.717) is 10.8 Å². The van der Waals surface area contributed by atoms with Gasteiger partial charge < -0.3 is 15.3 Å². The summed E-state index contributed by atoms with van der Waals surface area (Å²) >= 11 is 1.36. The lowest BCUT2D eigenvalue weighted by Crippen LogP contribution is -2.40. The number of hydrogen-bond acceptors (Lipinski definition) is 8. The van der Waals surface area contributed by atoms with Crippen LogP contribution in [0.25, 0.3) is 10.2 Å². The number of aromatic nitrogens is 1. The molecule has 3 rings (SSSR count). The van der Waals surface area contributed by atoms with Crippen LogP contribution < -0.4 is 5.01 Å². The van der Waals surface area contributed by atoms with E-state index in [1.807, 2.05) is 24.3 Å². The Hall–Kier alpha value is -2.20. The molecule has 1 aliphatic rings. The maximum atomic E-state index is 12.7. The average molecular weight is 362 g/mol. The van der Waals surface area contributed by atoms with Gasteiger partial charge in [-0.25, -0.2) is 4.98 Å². The summed E-state index contributed by atoms with van der Waals surface area (Å²) in [6, 6.07) is 7.56. The molecule has 0 saturated heterocycles. The molecular weight excluding hydrogens is 344 g/mol. The van der Waals surface area contributed by atoms with Crippen molar-refractivity contribution in [2.45, 2.75) is 12.5 Å². The largest absolute Gasteiger partial charge is 0.394 e. The van der Waals surface area contributed by atoms with Crippen LogP contribution in [0, 0.1) is 5.92 Å². The molecule has 1 aliphatic heterocycles. The van der Waals surface area contributed by atoms with Crippen molar-refractivity contribution in [3.8, 4) is 0 Å². The summed E-state index contributed by atoms with van der Waals surface area (Å²) in [5.41, 5.74) is -0.0972. The topological polar surface area (TPSA) is 119 Å². The highest BCUT2D eigenvalue weighted by Crippen LogP contribution is 2.31. The lowest BCUT2D eigenvalue weighted by molar-refractivity contribution is -0.118. The van der Waals surface area contributed by atoms with E-state index in [0.717, 1.165) is 10.2 Å². The zero-order valence-corrected chi connectivity index (χ0v) is 14.3. The van der Waals surface area contributed by atoms with Gasteiger partial charge in [0.1, 0.15) is 11.5 Å². The number of aliphatic imine (C=N–C) groups is 1. The number of nitrogens with zero attached hydrogens (tertiary/aromatic N) is 4. The molecule has 8 nitrogen and oxygen atoms in total. The molecule has 3 N–H and O–H groups in total. The number of benzene rings is 1. The normalized spacial score (nSPS) is 18.6. The van der Waals surface area contributed by atoms with Crippen molar-refractivity contribution in [3.63, 3.8) is 0 Å². The van der Waals surface area contributed by atoms with E-state index in [9.17, 15) is 20.1 Å². The number of thiazole rings is 1. The first-order chi connectivity index (χ1) is 12.0. The van der Waals surface area contributed by atoms with Gasteiger partial charge in [-0.05, 0) is 19.1 Å². The van der Waals surface area contributed by atoms with Gasteiger partial charge in [0.2, 0.25) is 5.13 Å².